The zero-order valence-corrected chi connectivity index (χ0v) is 14.6. The van der Waals surface area contributed by atoms with Crippen LogP contribution in [0.5, 0.6) is 5.75 Å². The van der Waals surface area contributed by atoms with Gasteiger partial charge in [-0.3, -0.25) is 9.52 Å². The molecular formula is C16H15FN2O6S. The molecule has 0 radical (unpaired) electrons. The van der Waals surface area contributed by atoms with Gasteiger partial charge in [0.25, 0.3) is 10.0 Å². The molecule has 8 nitrogen and oxygen atoms in total. The summed E-state index contributed by atoms with van der Waals surface area (Å²) >= 11 is 0. The number of hydrogen-bond donors (Lipinski definition) is 3. The average Bonchev–Trinajstić information content (AvgIpc) is 2.56. The van der Waals surface area contributed by atoms with E-state index in [-0.39, 0.29) is 21.8 Å². The van der Waals surface area contributed by atoms with Gasteiger partial charge in [0.05, 0.1) is 23.4 Å². The molecule has 2 aromatic carbocycles. The fourth-order valence-corrected chi connectivity index (χ4v) is 3.12. The first-order chi connectivity index (χ1) is 12.1. The molecule has 138 valence electrons. The minimum absolute atomic E-state index is 0.0113. The van der Waals surface area contributed by atoms with Crippen molar-refractivity contribution in [2.45, 2.75) is 11.8 Å². The van der Waals surface area contributed by atoms with Crippen LogP contribution in [0.3, 0.4) is 0 Å². The third-order valence-electron chi connectivity index (χ3n) is 3.21. The monoisotopic (exact) mass is 382 g/mol. The van der Waals surface area contributed by atoms with Crippen LogP contribution in [0.4, 0.5) is 15.8 Å². The zero-order valence-electron chi connectivity index (χ0n) is 13.7. The van der Waals surface area contributed by atoms with Crippen LogP contribution in [0.2, 0.25) is 0 Å². The van der Waals surface area contributed by atoms with E-state index in [0.29, 0.717) is 0 Å². The Hall–Kier alpha value is -3.14. The lowest BCUT2D eigenvalue weighted by Gasteiger charge is -2.11. The third kappa shape index (κ3) is 4.28. The van der Waals surface area contributed by atoms with Gasteiger partial charge in [0.1, 0.15) is 17.1 Å². The van der Waals surface area contributed by atoms with Gasteiger partial charge in [-0.15, -0.1) is 0 Å². The smallest absolute Gasteiger partial charge is 0.341 e. The summed E-state index contributed by atoms with van der Waals surface area (Å²) in [5, 5.41) is 11.9. The first kappa shape index (κ1) is 19.2. The molecule has 2 aromatic rings. The average molecular weight is 382 g/mol. The summed E-state index contributed by atoms with van der Waals surface area (Å²) < 4.78 is 45.2. The highest BCUT2D eigenvalue weighted by atomic mass is 32.2. The number of benzene rings is 2. The Labute approximate surface area is 148 Å². The van der Waals surface area contributed by atoms with Crippen LogP contribution in [0.25, 0.3) is 0 Å². The largest absolute Gasteiger partial charge is 0.507 e. The Morgan fingerprint density at radius 2 is 1.85 bits per heavy atom. The molecule has 0 fully saturated rings. The summed E-state index contributed by atoms with van der Waals surface area (Å²) in [5.41, 5.74) is -0.532. The molecule has 0 aromatic heterocycles. The zero-order chi connectivity index (χ0) is 19.5. The van der Waals surface area contributed by atoms with E-state index in [1.807, 2.05) is 0 Å². The molecule has 0 unspecified atom stereocenters. The molecule has 10 heteroatoms. The van der Waals surface area contributed by atoms with Crippen LogP contribution >= 0.6 is 0 Å². The van der Waals surface area contributed by atoms with Gasteiger partial charge in [-0.2, -0.15) is 0 Å². The number of amides is 1. The highest BCUT2D eigenvalue weighted by Crippen LogP contribution is 2.25. The number of halogens is 1. The van der Waals surface area contributed by atoms with Crippen LogP contribution in [-0.4, -0.2) is 32.5 Å². The number of carbonyl (C=O) groups is 2. The van der Waals surface area contributed by atoms with Crippen molar-refractivity contribution in [2.24, 2.45) is 0 Å². The number of ether oxygens (including phenoxy) is 1. The van der Waals surface area contributed by atoms with E-state index >= 15 is 0 Å². The van der Waals surface area contributed by atoms with E-state index in [1.54, 1.807) is 0 Å². The maximum absolute atomic E-state index is 13.6. The van der Waals surface area contributed by atoms with E-state index in [9.17, 15) is 27.5 Å². The molecule has 0 spiro atoms. The molecule has 0 heterocycles. The summed E-state index contributed by atoms with van der Waals surface area (Å²) in [7, 11) is -3.07. The van der Waals surface area contributed by atoms with Crippen molar-refractivity contribution >= 4 is 33.3 Å². The number of aromatic hydroxyl groups is 1. The number of phenolic OH excluding ortho intramolecular Hbond substituents is 1. The first-order valence-corrected chi connectivity index (χ1v) is 8.63. The number of sulfonamides is 1. The standard InChI is InChI=1S/C16H15FN2O6S/c1-9(20)18-14-7-10(3-5-13(14)17)19-26(23,24)11-4-6-15(21)12(8-11)16(22)25-2/h3-8,19,21H,1-2H3,(H,18,20). The van der Waals surface area contributed by atoms with Gasteiger partial charge in [0.15, 0.2) is 0 Å². The highest BCUT2D eigenvalue weighted by Gasteiger charge is 2.20. The molecule has 0 saturated carbocycles. The lowest BCUT2D eigenvalue weighted by atomic mass is 10.2. The minimum Gasteiger partial charge on any atom is -0.507 e. The molecular weight excluding hydrogens is 367 g/mol. The van der Waals surface area contributed by atoms with Crippen LogP contribution in [0.1, 0.15) is 17.3 Å². The quantitative estimate of drug-likeness (QED) is 0.681. The van der Waals surface area contributed by atoms with Gasteiger partial charge in [0, 0.05) is 6.92 Å². The van der Waals surface area contributed by atoms with Gasteiger partial charge in [0.2, 0.25) is 5.91 Å². The maximum atomic E-state index is 13.6. The highest BCUT2D eigenvalue weighted by molar-refractivity contribution is 7.92. The maximum Gasteiger partial charge on any atom is 0.341 e. The van der Waals surface area contributed by atoms with E-state index < -0.39 is 33.5 Å². The van der Waals surface area contributed by atoms with Crippen molar-refractivity contribution < 1.29 is 32.2 Å². The number of hydrogen-bond acceptors (Lipinski definition) is 6. The summed E-state index contributed by atoms with van der Waals surface area (Å²) in [4.78, 5) is 22.3. The lowest BCUT2D eigenvalue weighted by Crippen LogP contribution is -2.15. The Morgan fingerprint density at radius 1 is 1.15 bits per heavy atom. The Balaban J connectivity index is 2.37. The van der Waals surface area contributed by atoms with Crippen LogP contribution in [0.15, 0.2) is 41.3 Å². The normalized spacial score (nSPS) is 10.9. The predicted octanol–water partition coefficient (Wildman–Crippen LogP) is 2.08. The predicted molar refractivity (Wildman–Crippen MR) is 91.0 cm³/mol. The summed E-state index contributed by atoms with van der Waals surface area (Å²) in [6, 6.07) is 6.33. The van der Waals surface area contributed by atoms with Gasteiger partial charge in [-0.1, -0.05) is 0 Å². The first-order valence-electron chi connectivity index (χ1n) is 7.15. The fraction of sp³-hybridized carbons (Fsp3) is 0.125. The topological polar surface area (TPSA) is 122 Å². The second-order valence-electron chi connectivity index (χ2n) is 5.15. The lowest BCUT2D eigenvalue weighted by molar-refractivity contribution is -0.114. The van der Waals surface area contributed by atoms with E-state index in [0.717, 1.165) is 37.4 Å². The van der Waals surface area contributed by atoms with Crippen molar-refractivity contribution in [3.05, 3.63) is 47.8 Å². The molecule has 2 rings (SSSR count). The Kier molecular flexibility index (Phi) is 5.46. The number of methoxy groups -OCH3 is 1. The Morgan fingerprint density at radius 3 is 2.46 bits per heavy atom. The van der Waals surface area contributed by atoms with Crippen molar-refractivity contribution in [1.82, 2.24) is 0 Å². The SMILES string of the molecule is COC(=O)c1cc(S(=O)(=O)Nc2ccc(F)c(NC(C)=O)c2)ccc1O. The summed E-state index contributed by atoms with van der Waals surface area (Å²) in [6.45, 7) is 1.18. The number of phenols is 1. The molecule has 0 aliphatic rings. The number of rotatable bonds is 5. The molecule has 0 aliphatic heterocycles. The number of nitrogens with one attached hydrogen (secondary N) is 2. The minimum atomic E-state index is -4.16. The summed E-state index contributed by atoms with van der Waals surface area (Å²) in [5.74, 6) is -2.61. The van der Waals surface area contributed by atoms with Crippen molar-refractivity contribution in [2.75, 3.05) is 17.1 Å². The molecule has 0 bridgehead atoms. The number of esters is 1. The molecule has 26 heavy (non-hydrogen) atoms. The van der Waals surface area contributed by atoms with Gasteiger partial charge in [-0.25, -0.2) is 17.6 Å². The second kappa shape index (κ2) is 7.40. The molecule has 0 saturated heterocycles. The van der Waals surface area contributed by atoms with Crippen molar-refractivity contribution in [3.8, 4) is 5.75 Å². The fourth-order valence-electron chi connectivity index (χ4n) is 2.04. The van der Waals surface area contributed by atoms with Gasteiger partial charge < -0.3 is 15.2 Å². The Bertz CT molecular complexity index is 975. The van der Waals surface area contributed by atoms with E-state index in [4.69, 9.17) is 0 Å². The van der Waals surface area contributed by atoms with Crippen LogP contribution in [-0.2, 0) is 19.6 Å². The number of carbonyl (C=O) groups excluding carboxylic acids is 2. The van der Waals surface area contributed by atoms with Gasteiger partial charge in [-0.05, 0) is 36.4 Å². The second-order valence-corrected chi connectivity index (χ2v) is 6.83. The van der Waals surface area contributed by atoms with E-state index in [1.165, 1.54) is 13.0 Å². The van der Waals surface area contributed by atoms with Crippen molar-refractivity contribution in [3.63, 3.8) is 0 Å². The molecule has 1 amide bonds. The van der Waals surface area contributed by atoms with E-state index in [2.05, 4.69) is 14.8 Å². The molecule has 3 N–H and O–H groups in total. The van der Waals surface area contributed by atoms with Crippen molar-refractivity contribution in [1.29, 1.82) is 0 Å². The van der Waals surface area contributed by atoms with Gasteiger partial charge >= 0.3 is 5.97 Å². The van der Waals surface area contributed by atoms with Crippen LogP contribution < -0.4 is 10.0 Å². The third-order valence-corrected chi connectivity index (χ3v) is 4.59. The number of anilines is 2. The summed E-state index contributed by atoms with van der Waals surface area (Å²) in [6.07, 6.45) is 0. The molecule has 0 atom stereocenters. The molecule has 0 aliphatic carbocycles. The van der Waals surface area contributed by atoms with Crippen LogP contribution in [0, 0.1) is 5.82 Å².